The maximum atomic E-state index is 12.6. The van der Waals surface area contributed by atoms with Crippen LogP contribution in [0.3, 0.4) is 0 Å². The minimum atomic E-state index is -1.58. The highest BCUT2D eigenvalue weighted by atomic mass is 35.5. The molecule has 150 valence electrons. The fraction of sp³-hybridized carbons (Fsp3) is 0.158. The Morgan fingerprint density at radius 1 is 1.31 bits per heavy atom. The summed E-state index contributed by atoms with van der Waals surface area (Å²) in [4.78, 5) is 36.0. The fourth-order valence-electron chi connectivity index (χ4n) is 2.66. The molecule has 10 heteroatoms. The van der Waals surface area contributed by atoms with Gasteiger partial charge in [-0.1, -0.05) is 47.7 Å². The number of thioether (sulfide) groups is 1. The Bertz CT molecular complexity index is 1060. The summed E-state index contributed by atoms with van der Waals surface area (Å²) in [6, 6.07) is 7.28. The Balaban J connectivity index is 1.86. The summed E-state index contributed by atoms with van der Waals surface area (Å²) in [7, 11) is 0. The summed E-state index contributed by atoms with van der Waals surface area (Å²) in [5.41, 5.74) is 1.69. The molecule has 0 saturated carbocycles. The fourth-order valence-corrected chi connectivity index (χ4v) is 4.18. The van der Waals surface area contributed by atoms with Crippen LogP contribution in [0.15, 0.2) is 39.7 Å². The Kier molecular flexibility index (Phi) is 6.11. The maximum absolute atomic E-state index is 12.6. The van der Waals surface area contributed by atoms with Crippen molar-refractivity contribution in [3.8, 4) is 11.3 Å². The van der Waals surface area contributed by atoms with Gasteiger partial charge in [0.25, 0.3) is 5.91 Å². The number of furan rings is 1. The Hall–Kier alpha value is -2.62. The molecule has 3 rings (SSSR count). The molecule has 1 aliphatic heterocycles. The minimum absolute atomic E-state index is 0.0213. The summed E-state index contributed by atoms with van der Waals surface area (Å²) in [5.74, 6) is -2.56. The van der Waals surface area contributed by atoms with Gasteiger partial charge in [-0.05, 0) is 30.7 Å². The second kappa shape index (κ2) is 8.40. The predicted octanol–water partition coefficient (Wildman–Crippen LogP) is 4.04. The lowest BCUT2D eigenvalue weighted by atomic mass is 10.1. The summed E-state index contributed by atoms with van der Waals surface area (Å²) < 4.78 is 5.72. The van der Waals surface area contributed by atoms with Gasteiger partial charge in [0.15, 0.2) is 0 Å². The molecule has 1 aromatic carbocycles. The van der Waals surface area contributed by atoms with Crippen molar-refractivity contribution in [1.82, 2.24) is 4.90 Å². The van der Waals surface area contributed by atoms with E-state index in [0.717, 1.165) is 27.8 Å². The number of aryl methyl sites for hydroxylation is 1. The molecule has 1 fully saturated rings. The number of hydrogen-bond acceptors (Lipinski definition) is 6. The average molecular weight is 452 g/mol. The molecule has 0 spiro atoms. The van der Waals surface area contributed by atoms with Crippen molar-refractivity contribution in [2.45, 2.75) is 19.4 Å². The Morgan fingerprint density at radius 3 is 2.66 bits per heavy atom. The number of thiocarbonyl (C=S) groups is 1. The molecule has 0 bridgehead atoms. The van der Waals surface area contributed by atoms with Crippen molar-refractivity contribution in [3.05, 3.63) is 51.6 Å². The van der Waals surface area contributed by atoms with Gasteiger partial charge in [-0.3, -0.25) is 14.5 Å². The lowest BCUT2D eigenvalue weighted by Gasteiger charge is -2.21. The molecule has 1 amide bonds. The van der Waals surface area contributed by atoms with Crippen molar-refractivity contribution in [3.63, 3.8) is 0 Å². The number of hydrogen-bond donors (Lipinski definition) is 2. The highest BCUT2D eigenvalue weighted by Gasteiger charge is 2.41. The van der Waals surface area contributed by atoms with E-state index in [1.165, 1.54) is 6.08 Å². The highest BCUT2D eigenvalue weighted by molar-refractivity contribution is 8.26. The molecule has 2 aromatic rings. The minimum Gasteiger partial charge on any atom is -0.481 e. The number of carbonyl (C=O) groups is 3. The summed E-state index contributed by atoms with van der Waals surface area (Å²) >= 11 is 12.1. The zero-order valence-corrected chi connectivity index (χ0v) is 17.3. The predicted molar refractivity (Wildman–Crippen MR) is 113 cm³/mol. The van der Waals surface area contributed by atoms with E-state index in [9.17, 15) is 19.5 Å². The van der Waals surface area contributed by atoms with Crippen LogP contribution in [0.5, 0.6) is 0 Å². The third kappa shape index (κ3) is 4.52. The van der Waals surface area contributed by atoms with Crippen molar-refractivity contribution in [2.24, 2.45) is 0 Å². The van der Waals surface area contributed by atoms with Crippen LogP contribution in [0.2, 0.25) is 5.02 Å². The molecule has 1 aliphatic rings. The highest BCUT2D eigenvalue weighted by Crippen LogP contribution is 2.35. The third-order valence-corrected chi connectivity index (χ3v) is 5.88. The molecule has 1 atom stereocenters. The van der Waals surface area contributed by atoms with Gasteiger partial charge >= 0.3 is 11.9 Å². The molecule has 7 nitrogen and oxygen atoms in total. The molecular weight excluding hydrogens is 438 g/mol. The average Bonchev–Trinajstić information content (AvgIpc) is 3.20. The Labute approximate surface area is 179 Å². The Morgan fingerprint density at radius 2 is 2.03 bits per heavy atom. The summed E-state index contributed by atoms with van der Waals surface area (Å²) in [5, 5.41) is 18.8. The van der Waals surface area contributed by atoms with Gasteiger partial charge in [0, 0.05) is 16.7 Å². The van der Waals surface area contributed by atoms with E-state index in [2.05, 4.69) is 0 Å². The van der Waals surface area contributed by atoms with E-state index in [1.807, 2.05) is 19.1 Å². The molecule has 1 aromatic heterocycles. The number of benzene rings is 1. The van der Waals surface area contributed by atoms with Gasteiger partial charge in [-0.2, -0.15) is 0 Å². The largest absolute Gasteiger partial charge is 0.481 e. The monoisotopic (exact) mass is 451 g/mol. The van der Waals surface area contributed by atoms with E-state index in [1.54, 1.807) is 18.2 Å². The molecule has 2 heterocycles. The first-order valence-corrected chi connectivity index (χ1v) is 9.85. The van der Waals surface area contributed by atoms with Gasteiger partial charge in [-0.15, -0.1) is 0 Å². The lowest BCUT2D eigenvalue weighted by Crippen LogP contribution is -2.45. The van der Waals surface area contributed by atoms with Crippen molar-refractivity contribution >= 4 is 63.8 Å². The number of nitrogens with zero attached hydrogens (tertiary/aromatic N) is 1. The maximum Gasteiger partial charge on any atom is 0.327 e. The number of amides is 1. The van der Waals surface area contributed by atoms with Crippen LogP contribution in [0.25, 0.3) is 17.4 Å². The number of carbonyl (C=O) groups excluding carboxylic acids is 1. The number of aliphatic carboxylic acids is 2. The normalized spacial score (nSPS) is 16.5. The molecule has 29 heavy (non-hydrogen) atoms. The van der Waals surface area contributed by atoms with E-state index in [-0.39, 0.29) is 9.23 Å². The van der Waals surface area contributed by atoms with E-state index in [0.29, 0.717) is 16.5 Å². The van der Waals surface area contributed by atoms with Gasteiger partial charge in [0.2, 0.25) is 0 Å². The van der Waals surface area contributed by atoms with Crippen LogP contribution in [0.1, 0.15) is 17.7 Å². The first-order chi connectivity index (χ1) is 13.7. The van der Waals surface area contributed by atoms with Crippen molar-refractivity contribution in [1.29, 1.82) is 0 Å². The third-order valence-electron chi connectivity index (χ3n) is 4.14. The van der Waals surface area contributed by atoms with Crippen LogP contribution in [-0.4, -0.2) is 43.3 Å². The number of halogens is 1. The standard InChI is InChI=1S/C19H14ClNO6S2/c1-9-2-3-10(6-12(9)20)14-5-4-11(27-14)7-15-17(24)21(19(28)29-15)13(18(25)26)8-16(22)23/h2-7,13H,8H2,1H3,(H,22,23)(H,25,26)/b15-7-. The zero-order valence-electron chi connectivity index (χ0n) is 14.9. The molecule has 1 unspecified atom stereocenters. The lowest BCUT2D eigenvalue weighted by molar-refractivity contribution is -0.150. The SMILES string of the molecule is Cc1ccc(-c2ccc(/C=C3\SC(=S)N(C(CC(=O)O)C(=O)O)C3=O)o2)cc1Cl. The second-order valence-corrected chi connectivity index (χ2v) is 8.25. The zero-order chi connectivity index (χ0) is 21.3. The van der Waals surface area contributed by atoms with Crippen LogP contribution < -0.4 is 0 Å². The van der Waals surface area contributed by atoms with Crippen LogP contribution in [0, 0.1) is 6.92 Å². The smallest absolute Gasteiger partial charge is 0.327 e. The second-order valence-electron chi connectivity index (χ2n) is 6.17. The molecular formula is C19H14ClNO6S2. The van der Waals surface area contributed by atoms with Crippen LogP contribution >= 0.6 is 35.6 Å². The van der Waals surface area contributed by atoms with Crippen molar-refractivity contribution in [2.75, 3.05) is 0 Å². The summed E-state index contributed by atoms with van der Waals surface area (Å²) in [6.07, 6.45) is 0.687. The van der Waals surface area contributed by atoms with Gasteiger partial charge < -0.3 is 14.6 Å². The van der Waals surface area contributed by atoms with Crippen LogP contribution in [0.4, 0.5) is 0 Å². The van der Waals surface area contributed by atoms with E-state index < -0.39 is 30.3 Å². The number of rotatable bonds is 6. The van der Waals surface area contributed by atoms with Gasteiger partial charge in [-0.25, -0.2) is 4.79 Å². The van der Waals surface area contributed by atoms with Gasteiger partial charge in [0.05, 0.1) is 11.3 Å². The molecule has 2 N–H and O–H groups in total. The van der Waals surface area contributed by atoms with E-state index in [4.69, 9.17) is 33.3 Å². The van der Waals surface area contributed by atoms with Crippen LogP contribution in [-0.2, 0) is 14.4 Å². The molecule has 0 radical (unpaired) electrons. The molecule has 0 aliphatic carbocycles. The number of carboxylic acid groups (broad SMARTS) is 2. The first-order valence-electron chi connectivity index (χ1n) is 8.25. The first kappa shape index (κ1) is 21.1. The number of carboxylic acids is 2. The van der Waals surface area contributed by atoms with Crippen molar-refractivity contribution < 1.29 is 29.0 Å². The van der Waals surface area contributed by atoms with E-state index >= 15 is 0 Å². The van der Waals surface area contributed by atoms with Gasteiger partial charge in [0.1, 0.15) is 21.9 Å². The summed E-state index contributed by atoms with van der Waals surface area (Å²) in [6.45, 7) is 1.89. The topological polar surface area (TPSA) is 108 Å². The molecule has 1 saturated heterocycles. The quantitative estimate of drug-likeness (QED) is 0.500.